The molecule has 1 fully saturated rings. The van der Waals surface area contributed by atoms with E-state index in [1.807, 2.05) is 12.1 Å². The normalized spacial score (nSPS) is 15.0. The highest BCUT2D eigenvalue weighted by Gasteiger charge is 2.21. The molecule has 1 aliphatic rings. The highest BCUT2D eigenvalue weighted by molar-refractivity contribution is 7.80. The number of anilines is 1. The van der Waals surface area contributed by atoms with E-state index in [1.165, 1.54) is 12.8 Å². The van der Waals surface area contributed by atoms with Crippen LogP contribution in [0.3, 0.4) is 0 Å². The van der Waals surface area contributed by atoms with Gasteiger partial charge in [0.05, 0.1) is 0 Å². The molecule has 0 aliphatic heterocycles. The van der Waals surface area contributed by atoms with Gasteiger partial charge in [-0.25, -0.2) is 0 Å². The lowest BCUT2D eigenvalue weighted by atomic mass is 10.1. The predicted molar refractivity (Wildman–Crippen MR) is 68.6 cm³/mol. The van der Waals surface area contributed by atoms with E-state index in [0.29, 0.717) is 10.0 Å². The second-order valence-electron chi connectivity index (χ2n) is 3.88. The molecule has 0 atom stereocenters. The fraction of sp³-hybridized carbons (Fsp3) is 0.364. The van der Waals surface area contributed by atoms with Gasteiger partial charge in [0.15, 0.2) is 0 Å². The molecule has 0 bridgehead atoms. The van der Waals surface area contributed by atoms with E-state index in [0.717, 1.165) is 23.7 Å². The predicted octanol–water partition coefficient (Wildman–Crippen LogP) is 2.80. The molecular weight excluding hydrogens is 228 g/mol. The first-order chi connectivity index (χ1) is 7.16. The Morgan fingerprint density at radius 3 is 2.87 bits per heavy atom. The van der Waals surface area contributed by atoms with Gasteiger partial charge in [-0.3, -0.25) is 0 Å². The number of hydrogen-bond acceptors (Lipinski definition) is 2. The molecule has 1 aromatic carbocycles. The molecule has 1 aromatic rings. The largest absolute Gasteiger partial charge is 0.389 e. The van der Waals surface area contributed by atoms with Crippen LogP contribution in [0.25, 0.3) is 0 Å². The zero-order chi connectivity index (χ0) is 10.8. The van der Waals surface area contributed by atoms with Gasteiger partial charge in [0, 0.05) is 22.8 Å². The summed E-state index contributed by atoms with van der Waals surface area (Å²) in [4.78, 5) is 0.385. The Bertz CT molecular complexity index is 388. The maximum atomic E-state index is 5.89. The van der Waals surface area contributed by atoms with E-state index in [-0.39, 0.29) is 0 Å². The van der Waals surface area contributed by atoms with E-state index < -0.39 is 0 Å². The molecule has 15 heavy (non-hydrogen) atoms. The minimum Gasteiger partial charge on any atom is -0.389 e. The van der Waals surface area contributed by atoms with Crippen LogP contribution in [-0.2, 0) is 0 Å². The zero-order valence-corrected chi connectivity index (χ0v) is 9.87. The average molecular weight is 241 g/mol. The molecular formula is C11H13ClN2S. The van der Waals surface area contributed by atoms with E-state index in [4.69, 9.17) is 29.6 Å². The fourth-order valence-electron chi connectivity index (χ4n) is 1.45. The molecule has 0 unspecified atom stereocenters. The Morgan fingerprint density at radius 1 is 1.53 bits per heavy atom. The standard InChI is InChI=1S/C11H13ClN2S/c12-8-3-4-10(9(5-8)11(13)15)14-6-7-1-2-7/h3-5,7,14H,1-2,6H2,(H2,13,15). The van der Waals surface area contributed by atoms with Gasteiger partial charge in [-0.05, 0) is 37.0 Å². The van der Waals surface area contributed by atoms with Crippen molar-refractivity contribution in [2.45, 2.75) is 12.8 Å². The summed E-state index contributed by atoms with van der Waals surface area (Å²) in [5.74, 6) is 0.819. The second-order valence-corrected chi connectivity index (χ2v) is 4.75. The summed E-state index contributed by atoms with van der Waals surface area (Å²) in [5.41, 5.74) is 7.45. The summed E-state index contributed by atoms with van der Waals surface area (Å²) in [7, 11) is 0. The zero-order valence-electron chi connectivity index (χ0n) is 8.29. The summed E-state index contributed by atoms with van der Waals surface area (Å²) in [6.07, 6.45) is 2.64. The van der Waals surface area contributed by atoms with Crippen molar-refractivity contribution in [1.29, 1.82) is 0 Å². The summed E-state index contributed by atoms with van der Waals surface area (Å²) in [6, 6.07) is 5.58. The van der Waals surface area contributed by atoms with Crippen LogP contribution in [0.1, 0.15) is 18.4 Å². The molecule has 0 saturated heterocycles. The number of rotatable bonds is 4. The van der Waals surface area contributed by atoms with E-state index >= 15 is 0 Å². The highest BCUT2D eigenvalue weighted by atomic mass is 35.5. The first-order valence-corrected chi connectivity index (χ1v) is 5.78. The first kappa shape index (κ1) is 10.7. The molecule has 0 aromatic heterocycles. The van der Waals surface area contributed by atoms with Crippen molar-refractivity contribution in [2.75, 3.05) is 11.9 Å². The SMILES string of the molecule is NC(=S)c1cc(Cl)ccc1NCC1CC1. The molecule has 0 amide bonds. The lowest BCUT2D eigenvalue weighted by Crippen LogP contribution is -2.14. The van der Waals surface area contributed by atoms with Gasteiger partial charge in [0.1, 0.15) is 4.99 Å². The van der Waals surface area contributed by atoms with E-state index in [1.54, 1.807) is 6.07 Å². The van der Waals surface area contributed by atoms with Crippen molar-refractivity contribution in [3.05, 3.63) is 28.8 Å². The van der Waals surface area contributed by atoms with Crippen LogP contribution in [0.2, 0.25) is 5.02 Å². The lowest BCUT2D eigenvalue weighted by molar-refractivity contribution is 0.889. The molecule has 0 heterocycles. The van der Waals surface area contributed by atoms with Crippen LogP contribution in [0, 0.1) is 5.92 Å². The smallest absolute Gasteiger partial charge is 0.106 e. The first-order valence-electron chi connectivity index (χ1n) is 5.00. The van der Waals surface area contributed by atoms with Gasteiger partial charge in [0.25, 0.3) is 0 Å². The third kappa shape index (κ3) is 2.83. The molecule has 1 aliphatic carbocycles. The summed E-state index contributed by atoms with van der Waals surface area (Å²) < 4.78 is 0. The molecule has 0 spiro atoms. The van der Waals surface area contributed by atoms with Crippen molar-refractivity contribution in [1.82, 2.24) is 0 Å². The Morgan fingerprint density at radius 2 is 2.27 bits per heavy atom. The van der Waals surface area contributed by atoms with Crippen molar-refractivity contribution in [3.63, 3.8) is 0 Å². The Hall–Kier alpha value is -0.800. The summed E-state index contributed by atoms with van der Waals surface area (Å²) >= 11 is 10.9. The van der Waals surface area contributed by atoms with Crippen molar-refractivity contribution in [2.24, 2.45) is 11.7 Å². The van der Waals surface area contributed by atoms with E-state index in [9.17, 15) is 0 Å². The number of nitrogens with two attached hydrogens (primary N) is 1. The highest BCUT2D eigenvalue weighted by Crippen LogP contribution is 2.30. The van der Waals surface area contributed by atoms with Gasteiger partial charge < -0.3 is 11.1 Å². The van der Waals surface area contributed by atoms with Gasteiger partial charge in [-0.1, -0.05) is 23.8 Å². The van der Waals surface area contributed by atoms with Crippen LogP contribution in [-0.4, -0.2) is 11.5 Å². The number of benzene rings is 1. The second kappa shape index (κ2) is 4.37. The van der Waals surface area contributed by atoms with Gasteiger partial charge >= 0.3 is 0 Å². The minimum absolute atomic E-state index is 0.385. The Labute approximate surface area is 99.8 Å². The van der Waals surface area contributed by atoms with Gasteiger partial charge in [-0.15, -0.1) is 0 Å². The maximum absolute atomic E-state index is 5.89. The van der Waals surface area contributed by atoms with Gasteiger partial charge in [-0.2, -0.15) is 0 Å². The van der Waals surface area contributed by atoms with Crippen LogP contribution < -0.4 is 11.1 Å². The van der Waals surface area contributed by atoms with Crippen LogP contribution in [0.4, 0.5) is 5.69 Å². The maximum Gasteiger partial charge on any atom is 0.106 e. The Balaban J connectivity index is 2.15. The molecule has 2 rings (SSSR count). The van der Waals surface area contributed by atoms with Gasteiger partial charge in [0.2, 0.25) is 0 Å². The average Bonchev–Trinajstić information content (AvgIpc) is 2.99. The Kier molecular flexibility index (Phi) is 3.12. The number of nitrogens with one attached hydrogen (secondary N) is 1. The molecule has 1 saturated carbocycles. The molecule has 4 heteroatoms. The molecule has 3 N–H and O–H groups in total. The van der Waals surface area contributed by atoms with Crippen molar-refractivity contribution < 1.29 is 0 Å². The monoisotopic (exact) mass is 240 g/mol. The summed E-state index contributed by atoms with van der Waals surface area (Å²) in [5, 5.41) is 4.02. The summed E-state index contributed by atoms with van der Waals surface area (Å²) in [6.45, 7) is 0.997. The lowest BCUT2D eigenvalue weighted by Gasteiger charge is -2.10. The fourth-order valence-corrected chi connectivity index (χ4v) is 1.79. The van der Waals surface area contributed by atoms with Crippen molar-refractivity contribution >= 4 is 34.5 Å². The molecule has 80 valence electrons. The molecule has 0 radical (unpaired) electrons. The molecule has 2 nitrogen and oxygen atoms in total. The number of thiocarbonyl (C=S) groups is 1. The minimum atomic E-state index is 0.385. The van der Waals surface area contributed by atoms with Crippen LogP contribution in [0.15, 0.2) is 18.2 Å². The van der Waals surface area contributed by atoms with Crippen molar-refractivity contribution in [3.8, 4) is 0 Å². The quantitative estimate of drug-likeness (QED) is 0.795. The topological polar surface area (TPSA) is 38.0 Å². The van der Waals surface area contributed by atoms with E-state index in [2.05, 4.69) is 5.32 Å². The number of hydrogen-bond donors (Lipinski definition) is 2. The third-order valence-corrected chi connectivity index (χ3v) is 2.98. The van der Waals surface area contributed by atoms with Crippen LogP contribution in [0.5, 0.6) is 0 Å². The third-order valence-electron chi connectivity index (χ3n) is 2.53. The van der Waals surface area contributed by atoms with Crippen LogP contribution >= 0.6 is 23.8 Å². The number of halogens is 1.